The third kappa shape index (κ3) is 11.1. The first-order valence-corrected chi connectivity index (χ1v) is 29.5. The molecule has 0 unspecified atom stereocenters. The standard InChI is InChI=1S/C77H45F15N4/c1-40-11-20-53(42(3)29-40)44-13-25-65-59(33-44)61-36-47(57-24-19-52(75(84,85)86)37-64(57)77(90,91)92)16-27-66(61)95(65)69-9-5-7-48(38-93)71(69)72-58(55-23-18-51(74(81,82)83)32-49(55)39-94)8-6-10-70(72)96-67-26-14-45(54-22-17-50(31-43(54)4)73(78,79)80)34-60(67)62-35-46(15-28-68(62)96)56-21-12-41(2)30-63(56)76(87,88)89/h5-37H,1-4H3. The van der Waals surface area contributed by atoms with Crippen LogP contribution in [0.15, 0.2) is 200 Å². The van der Waals surface area contributed by atoms with Crippen LogP contribution in [-0.2, 0) is 30.9 Å². The number of aromatic nitrogens is 2. The minimum atomic E-state index is -5.27. The van der Waals surface area contributed by atoms with Crippen molar-refractivity contribution < 1.29 is 65.9 Å². The highest BCUT2D eigenvalue weighted by molar-refractivity contribution is 6.15. The van der Waals surface area contributed by atoms with E-state index in [4.69, 9.17) is 0 Å². The average molecular weight is 1310 g/mol. The number of benzene rings is 11. The van der Waals surface area contributed by atoms with E-state index in [-0.39, 0.29) is 72.9 Å². The zero-order valence-corrected chi connectivity index (χ0v) is 50.5. The number of fused-ring (bicyclic) bond motifs is 6. The first-order valence-electron chi connectivity index (χ1n) is 29.5. The number of nitrogens with zero attached hydrogens (tertiary/aromatic N) is 4. The molecule has 0 fully saturated rings. The van der Waals surface area contributed by atoms with Gasteiger partial charge in [-0.15, -0.1) is 0 Å². The molecule has 0 spiro atoms. The van der Waals surface area contributed by atoms with Crippen LogP contribution in [0.5, 0.6) is 0 Å². The van der Waals surface area contributed by atoms with Gasteiger partial charge in [0.1, 0.15) is 0 Å². The summed E-state index contributed by atoms with van der Waals surface area (Å²) < 4.78 is 222. The van der Waals surface area contributed by atoms with E-state index < -0.39 is 69.8 Å². The van der Waals surface area contributed by atoms with Crippen LogP contribution < -0.4 is 0 Å². The van der Waals surface area contributed by atoms with Gasteiger partial charge in [0.2, 0.25) is 0 Å². The Morgan fingerprint density at radius 2 is 0.656 bits per heavy atom. The molecule has 13 rings (SSSR count). The van der Waals surface area contributed by atoms with E-state index in [0.717, 1.165) is 53.1 Å². The Balaban J connectivity index is 1.16. The molecule has 0 radical (unpaired) electrons. The van der Waals surface area contributed by atoms with Crippen LogP contribution in [0.3, 0.4) is 0 Å². The second kappa shape index (κ2) is 22.9. The fraction of sp³-hybridized carbons (Fsp3) is 0.117. The van der Waals surface area contributed by atoms with Gasteiger partial charge in [0, 0.05) is 38.2 Å². The molecule has 0 saturated heterocycles. The summed E-state index contributed by atoms with van der Waals surface area (Å²) in [5.74, 6) is 0. The van der Waals surface area contributed by atoms with Crippen molar-refractivity contribution in [3.63, 3.8) is 0 Å². The second-order valence-electron chi connectivity index (χ2n) is 23.6. The molecule has 0 saturated carbocycles. The zero-order chi connectivity index (χ0) is 68.5. The van der Waals surface area contributed by atoms with Crippen molar-refractivity contribution in [1.29, 1.82) is 10.5 Å². The summed E-state index contributed by atoms with van der Waals surface area (Å²) in [7, 11) is 0. The van der Waals surface area contributed by atoms with Crippen molar-refractivity contribution in [2.75, 3.05) is 0 Å². The fourth-order valence-electron chi connectivity index (χ4n) is 13.2. The molecule has 4 nitrogen and oxygen atoms in total. The van der Waals surface area contributed by atoms with E-state index in [1.165, 1.54) is 68.4 Å². The maximum Gasteiger partial charge on any atom is 0.417 e. The number of hydrogen-bond donors (Lipinski definition) is 0. The lowest BCUT2D eigenvalue weighted by molar-refractivity contribution is -0.143. The Bertz CT molecular complexity index is 5480. The number of rotatable bonds is 8. The summed E-state index contributed by atoms with van der Waals surface area (Å²) in [5.41, 5.74) is -0.907. The Kier molecular flexibility index (Phi) is 15.2. The van der Waals surface area contributed by atoms with Crippen molar-refractivity contribution in [3.8, 4) is 90.3 Å². The Labute approximate surface area is 537 Å². The molecule has 11 aromatic carbocycles. The quantitative estimate of drug-likeness (QED) is 0.142. The van der Waals surface area contributed by atoms with Gasteiger partial charge in [-0.2, -0.15) is 76.4 Å². The Hall–Kier alpha value is -11.1. The summed E-state index contributed by atoms with van der Waals surface area (Å²) in [6, 6.07) is 49.5. The van der Waals surface area contributed by atoms with Crippen molar-refractivity contribution in [2.24, 2.45) is 0 Å². The zero-order valence-electron chi connectivity index (χ0n) is 50.5. The molecule has 0 aliphatic heterocycles. The number of halogens is 15. The highest BCUT2D eigenvalue weighted by Crippen LogP contribution is 2.51. The van der Waals surface area contributed by atoms with E-state index in [0.29, 0.717) is 72.6 Å². The highest BCUT2D eigenvalue weighted by atomic mass is 19.4. The topological polar surface area (TPSA) is 57.4 Å². The summed E-state index contributed by atoms with van der Waals surface area (Å²) in [6.45, 7) is 6.80. The molecular formula is C77H45F15N4. The summed E-state index contributed by atoms with van der Waals surface area (Å²) in [4.78, 5) is 0. The maximum absolute atomic E-state index is 15.0. The lowest BCUT2D eigenvalue weighted by atomic mass is 9.87. The summed E-state index contributed by atoms with van der Waals surface area (Å²) >= 11 is 0. The van der Waals surface area contributed by atoms with E-state index in [1.807, 2.05) is 50.2 Å². The molecule has 0 N–H and O–H groups in total. The molecule has 2 aromatic heterocycles. The van der Waals surface area contributed by atoms with Gasteiger partial charge in [0.25, 0.3) is 0 Å². The molecule has 0 atom stereocenters. The first-order chi connectivity index (χ1) is 45.3. The normalized spacial score (nSPS) is 12.5. The van der Waals surface area contributed by atoms with Crippen LogP contribution in [0.4, 0.5) is 65.9 Å². The van der Waals surface area contributed by atoms with E-state index in [1.54, 1.807) is 69.8 Å². The van der Waals surface area contributed by atoms with Gasteiger partial charge in [-0.25, -0.2) is 0 Å². The second-order valence-corrected chi connectivity index (χ2v) is 23.6. The van der Waals surface area contributed by atoms with Crippen molar-refractivity contribution in [2.45, 2.75) is 58.6 Å². The first kappa shape index (κ1) is 63.7. The predicted octanol–water partition coefficient (Wildman–Crippen LogP) is 24.0. The van der Waals surface area contributed by atoms with Gasteiger partial charge in [0.05, 0.1) is 84.5 Å². The highest BCUT2D eigenvalue weighted by Gasteiger charge is 2.40. The number of aryl methyl sites for hydroxylation is 4. The molecule has 0 aliphatic rings. The fourth-order valence-corrected chi connectivity index (χ4v) is 13.2. The predicted molar refractivity (Wildman–Crippen MR) is 341 cm³/mol. The molecular weight excluding hydrogens is 1270 g/mol. The number of alkyl halides is 15. The smallest absolute Gasteiger partial charge is 0.309 e. The largest absolute Gasteiger partial charge is 0.417 e. The molecule has 0 amide bonds. The molecule has 0 aliphatic carbocycles. The minimum absolute atomic E-state index is 0.0487. The summed E-state index contributed by atoms with van der Waals surface area (Å²) in [6.07, 6.45) is -24.8. The van der Waals surface area contributed by atoms with E-state index in [9.17, 15) is 50.0 Å². The molecule has 13 aromatic rings. The molecule has 96 heavy (non-hydrogen) atoms. The van der Waals surface area contributed by atoms with Crippen LogP contribution in [0, 0.1) is 50.4 Å². The lowest BCUT2D eigenvalue weighted by Crippen LogP contribution is -2.12. The lowest BCUT2D eigenvalue weighted by Gasteiger charge is -2.23. The SMILES string of the molecule is Cc1ccc(-c2ccc3c(c2)c2cc(-c4ccc(C(F)(F)F)cc4C(F)(F)F)ccc2n3-c2cccc(C#N)c2-c2c(-c3ccc(C(F)(F)F)cc3C#N)cccc2-n2c3ccc(-c4ccc(C(F)(F)F)cc4C)cc3c3cc(-c4ccc(C)cc4C(F)(F)F)ccc32)c(C)c1. The molecule has 19 heteroatoms. The molecule has 478 valence electrons. The van der Waals surface area contributed by atoms with Crippen molar-refractivity contribution in [3.05, 3.63) is 261 Å². The maximum atomic E-state index is 15.0. The van der Waals surface area contributed by atoms with Crippen molar-refractivity contribution in [1.82, 2.24) is 9.13 Å². The van der Waals surface area contributed by atoms with Crippen LogP contribution in [0.1, 0.15) is 61.2 Å². The van der Waals surface area contributed by atoms with Gasteiger partial charge in [-0.05, 0) is 198 Å². The number of nitriles is 2. The molecule has 2 heterocycles. The van der Waals surface area contributed by atoms with Crippen LogP contribution in [0.2, 0.25) is 0 Å². The van der Waals surface area contributed by atoms with Gasteiger partial charge in [-0.1, -0.05) is 102 Å². The van der Waals surface area contributed by atoms with Gasteiger partial charge in [-0.3, -0.25) is 0 Å². The monoisotopic (exact) mass is 1310 g/mol. The average Bonchev–Trinajstić information content (AvgIpc) is 1.49. The van der Waals surface area contributed by atoms with Crippen molar-refractivity contribution >= 4 is 43.6 Å². The van der Waals surface area contributed by atoms with Crippen LogP contribution >= 0.6 is 0 Å². The third-order valence-electron chi connectivity index (χ3n) is 17.5. The number of hydrogen-bond acceptors (Lipinski definition) is 2. The van der Waals surface area contributed by atoms with E-state index >= 15 is 26.3 Å². The van der Waals surface area contributed by atoms with Gasteiger partial charge >= 0.3 is 30.9 Å². The third-order valence-corrected chi connectivity index (χ3v) is 17.5. The van der Waals surface area contributed by atoms with E-state index in [2.05, 4.69) is 6.07 Å². The minimum Gasteiger partial charge on any atom is -0.309 e. The Morgan fingerprint density at radius 1 is 0.292 bits per heavy atom. The molecule has 0 bridgehead atoms. The van der Waals surface area contributed by atoms with Crippen LogP contribution in [0.25, 0.3) is 122 Å². The van der Waals surface area contributed by atoms with Crippen LogP contribution in [-0.4, -0.2) is 9.13 Å². The van der Waals surface area contributed by atoms with Gasteiger partial charge in [0.15, 0.2) is 0 Å². The van der Waals surface area contributed by atoms with Gasteiger partial charge < -0.3 is 9.13 Å². The Morgan fingerprint density at radius 3 is 1.09 bits per heavy atom. The summed E-state index contributed by atoms with van der Waals surface area (Å²) in [5, 5.41) is 23.8.